The summed E-state index contributed by atoms with van der Waals surface area (Å²) >= 11 is 0. The van der Waals surface area contributed by atoms with Crippen molar-refractivity contribution in [2.75, 3.05) is 6.54 Å². The molecule has 1 saturated heterocycles. The lowest BCUT2D eigenvalue weighted by molar-refractivity contribution is -0.137. The fourth-order valence-electron chi connectivity index (χ4n) is 4.77. The van der Waals surface area contributed by atoms with E-state index in [1.54, 1.807) is 0 Å². The van der Waals surface area contributed by atoms with Gasteiger partial charge in [-0.15, -0.1) is 0 Å². The molecule has 2 aromatic rings. The molecule has 1 amide bonds. The van der Waals surface area contributed by atoms with Gasteiger partial charge in [0.25, 0.3) is 0 Å². The van der Waals surface area contributed by atoms with Crippen molar-refractivity contribution in [1.82, 2.24) is 20.0 Å². The normalized spacial score (nSPS) is 20.4. The Labute approximate surface area is 173 Å². The van der Waals surface area contributed by atoms with Crippen molar-refractivity contribution in [3.8, 4) is 11.3 Å². The minimum absolute atomic E-state index is 0.00263. The molecule has 2 aromatic heterocycles. The third-order valence-electron chi connectivity index (χ3n) is 6.55. The first-order valence-electron chi connectivity index (χ1n) is 11.2. The zero-order valence-corrected chi connectivity index (χ0v) is 17.9. The van der Waals surface area contributed by atoms with E-state index >= 15 is 0 Å². The van der Waals surface area contributed by atoms with E-state index in [0.717, 1.165) is 79.2 Å². The summed E-state index contributed by atoms with van der Waals surface area (Å²) in [5, 5.41) is 4.14. The average Bonchev–Trinajstić information content (AvgIpc) is 3.36. The van der Waals surface area contributed by atoms with Crippen molar-refractivity contribution in [3.05, 3.63) is 29.0 Å². The SMILES string of the molecule is CCCc1ncc(-c2onc(C)c2C)c([C@@H]2CCCN2C(=O)C2CCCCC2)n1. The summed E-state index contributed by atoms with van der Waals surface area (Å²) in [6.07, 6.45) is 11.3. The predicted octanol–water partition coefficient (Wildman–Crippen LogP) is 4.94. The fourth-order valence-corrected chi connectivity index (χ4v) is 4.77. The van der Waals surface area contributed by atoms with Gasteiger partial charge in [-0.3, -0.25) is 4.79 Å². The summed E-state index contributed by atoms with van der Waals surface area (Å²) in [5.74, 6) is 2.08. The fraction of sp³-hybridized carbons (Fsp3) is 0.652. The van der Waals surface area contributed by atoms with Gasteiger partial charge in [-0.1, -0.05) is 31.3 Å². The number of amides is 1. The van der Waals surface area contributed by atoms with E-state index in [2.05, 4.69) is 22.0 Å². The maximum atomic E-state index is 13.4. The van der Waals surface area contributed by atoms with Crippen LogP contribution in [0.2, 0.25) is 0 Å². The molecular formula is C23H32N4O2. The largest absolute Gasteiger partial charge is 0.356 e. The standard InChI is InChI=1S/C23H32N4O2/c1-4-9-20-24-14-18(22-15(2)16(3)26-29-22)21(25-20)19-12-8-13-27(19)23(28)17-10-6-5-7-11-17/h14,17,19H,4-13H2,1-3H3/t19-/m0/s1. The van der Waals surface area contributed by atoms with Crippen LogP contribution < -0.4 is 0 Å². The van der Waals surface area contributed by atoms with Crippen molar-refractivity contribution in [1.29, 1.82) is 0 Å². The first-order chi connectivity index (χ1) is 14.1. The molecule has 6 heteroatoms. The first kappa shape index (κ1) is 20.0. The Balaban J connectivity index is 1.72. The highest BCUT2D eigenvalue weighted by Gasteiger charge is 2.37. The van der Waals surface area contributed by atoms with Crippen molar-refractivity contribution < 1.29 is 9.32 Å². The van der Waals surface area contributed by atoms with Gasteiger partial charge >= 0.3 is 0 Å². The number of aromatic nitrogens is 3. The Kier molecular flexibility index (Phi) is 5.97. The molecule has 0 spiro atoms. The molecule has 0 radical (unpaired) electrons. The number of carbonyl (C=O) groups is 1. The number of aryl methyl sites for hydroxylation is 2. The van der Waals surface area contributed by atoms with Crippen LogP contribution in [0, 0.1) is 19.8 Å². The van der Waals surface area contributed by atoms with Crippen LogP contribution in [0.15, 0.2) is 10.7 Å². The van der Waals surface area contributed by atoms with Crippen LogP contribution in [-0.2, 0) is 11.2 Å². The number of carbonyl (C=O) groups excluding carboxylic acids is 1. The van der Waals surface area contributed by atoms with Gasteiger partial charge < -0.3 is 9.42 Å². The smallest absolute Gasteiger partial charge is 0.226 e. The monoisotopic (exact) mass is 396 g/mol. The van der Waals surface area contributed by atoms with Crippen LogP contribution in [-0.4, -0.2) is 32.5 Å². The summed E-state index contributed by atoms with van der Waals surface area (Å²) in [6, 6.07) is 0.00263. The van der Waals surface area contributed by atoms with Gasteiger partial charge in [0.2, 0.25) is 5.91 Å². The van der Waals surface area contributed by atoms with Crippen molar-refractivity contribution >= 4 is 5.91 Å². The van der Waals surface area contributed by atoms with Gasteiger partial charge in [0.1, 0.15) is 5.82 Å². The Bertz CT molecular complexity index is 870. The number of nitrogens with zero attached hydrogens (tertiary/aromatic N) is 4. The third-order valence-corrected chi connectivity index (χ3v) is 6.55. The lowest BCUT2D eigenvalue weighted by Crippen LogP contribution is -2.37. The number of rotatable bonds is 5. The zero-order chi connectivity index (χ0) is 20.4. The molecule has 1 aliphatic heterocycles. The highest BCUT2D eigenvalue weighted by molar-refractivity contribution is 5.80. The summed E-state index contributed by atoms with van der Waals surface area (Å²) in [7, 11) is 0. The average molecular weight is 397 g/mol. The molecule has 0 N–H and O–H groups in total. The molecule has 2 aliphatic rings. The molecule has 0 bridgehead atoms. The lowest BCUT2D eigenvalue weighted by atomic mass is 9.88. The van der Waals surface area contributed by atoms with Gasteiger partial charge in [0, 0.05) is 30.6 Å². The second-order valence-electron chi connectivity index (χ2n) is 8.58. The summed E-state index contributed by atoms with van der Waals surface area (Å²) in [4.78, 5) is 25.0. The maximum Gasteiger partial charge on any atom is 0.226 e. The van der Waals surface area contributed by atoms with E-state index in [1.165, 1.54) is 19.3 Å². The number of likely N-dealkylation sites (tertiary alicyclic amines) is 1. The maximum absolute atomic E-state index is 13.4. The van der Waals surface area contributed by atoms with Crippen molar-refractivity contribution in [3.63, 3.8) is 0 Å². The minimum atomic E-state index is 0.00263. The van der Waals surface area contributed by atoms with Crippen LogP contribution >= 0.6 is 0 Å². The molecule has 1 aliphatic carbocycles. The topological polar surface area (TPSA) is 72.1 Å². The van der Waals surface area contributed by atoms with E-state index in [-0.39, 0.29) is 12.0 Å². The summed E-state index contributed by atoms with van der Waals surface area (Å²) < 4.78 is 5.66. The van der Waals surface area contributed by atoms with Crippen LogP contribution in [0.3, 0.4) is 0 Å². The molecule has 0 aromatic carbocycles. The summed E-state index contributed by atoms with van der Waals surface area (Å²) in [6.45, 7) is 6.92. The van der Waals surface area contributed by atoms with E-state index in [4.69, 9.17) is 9.51 Å². The Morgan fingerprint density at radius 1 is 1.17 bits per heavy atom. The third kappa shape index (κ3) is 3.94. The van der Waals surface area contributed by atoms with Gasteiger partial charge in [-0.25, -0.2) is 9.97 Å². The highest BCUT2D eigenvalue weighted by atomic mass is 16.5. The minimum Gasteiger partial charge on any atom is -0.356 e. The summed E-state index contributed by atoms with van der Waals surface area (Å²) in [5.41, 5.74) is 3.71. The molecule has 29 heavy (non-hydrogen) atoms. The molecule has 156 valence electrons. The van der Waals surface area contributed by atoms with Gasteiger partial charge in [-0.2, -0.15) is 0 Å². The van der Waals surface area contributed by atoms with Gasteiger partial charge in [-0.05, 0) is 46.0 Å². The predicted molar refractivity (Wildman–Crippen MR) is 111 cm³/mol. The molecule has 2 fully saturated rings. The molecular weight excluding hydrogens is 364 g/mol. The second-order valence-corrected chi connectivity index (χ2v) is 8.58. The molecule has 0 unspecified atom stereocenters. The first-order valence-corrected chi connectivity index (χ1v) is 11.2. The second kappa shape index (κ2) is 8.64. The van der Waals surface area contributed by atoms with E-state index in [9.17, 15) is 4.79 Å². The van der Waals surface area contributed by atoms with E-state index in [0.29, 0.717) is 5.91 Å². The Morgan fingerprint density at radius 2 is 1.97 bits per heavy atom. The quantitative estimate of drug-likeness (QED) is 0.715. The molecule has 1 saturated carbocycles. The molecule has 4 rings (SSSR count). The van der Waals surface area contributed by atoms with Crippen molar-refractivity contribution in [2.45, 2.75) is 84.6 Å². The Hall–Kier alpha value is -2.24. The Morgan fingerprint density at radius 3 is 2.66 bits per heavy atom. The number of hydrogen-bond acceptors (Lipinski definition) is 5. The number of hydrogen-bond donors (Lipinski definition) is 0. The zero-order valence-electron chi connectivity index (χ0n) is 17.9. The highest BCUT2D eigenvalue weighted by Crippen LogP contribution is 2.39. The van der Waals surface area contributed by atoms with Crippen LogP contribution in [0.25, 0.3) is 11.3 Å². The molecule has 1 atom stereocenters. The van der Waals surface area contributed by atoms with Crippen LogP contribution in [0.4, 0.5) is 0 Å². The lowest BCUT2D eigenvalue weighted by Gasteiger charge is -2.31. The van der Waals surface area contributed by atoms with Gasteiger partial charge in [0.05, 0.1) is 23.0 Å². The van der Waals surface area contributed by atoms with Crippen LogP contribution in [0.5, 0.6) is 0 Å². The van der Waals surface area contributed by atoms with E-state index < -0.39 is 0 Å². The van der Waals surface area contributed by atoms with Gasteiger partial charge in [0.15, 0.2) is 5.76 Å². The van der Waals surface area contributed by atoms with Crippen molar-refractivity contribution in [2.24, 2.45) is 5.92 Å². The molecule has 6 nitrogen and oxygen atoms in total. The van der Waals surface area contributed by atoms with Crippen LogP contribution in [0.1, 0.15) is 87.1 Å². The van der Waals surface area contributed by atoms with E-state index in [1.807, 2.05) is 20.0 Å². The molecule has 3 heterocycles.